The molecule has 4 heteroatoms. The molecular formula is C10H11BrO3. The Morgan fingerprint density at radius 3 is 2.71 bits per heavy atom. The molecule has 0 heterocycles. The summed E-state index contributed by atoms with van der Waals surface area (Å²) in [7, 11) is 1.54. The monoisotopic (exact) mass is 258 g/mol. The first-order chi connectivity index (χ1) is 6.57. The Balaban J connectivity index is 3.00. The number of methoxy groups -OCH3 is 1. The fraction of sp³-hybridized carbons (Fsp3) is 0.400. The summed E-state index contributed by atoms with van der Waals surface area (Å²) in [6, 6.07) is 0. The van der Waals surface area contributed by atoms with Crippen molar-refractivity contribution in [3.05, 3.63) is 22.2 Å². The van der Waals surface area contributed by atoms with Gasteiger partial charge in [-0.05, 0) is 34.5 Å². The molecule has 1 atom stereocenters. The zero-order chi connectivity index (χ0) is 10.7. The molecule has 0 N–H and O–H groups in total. The first-order valence-corrected chi connectivity index (χ1v) is 4.97. The molecule has 0 aromatic carbocycles. The van der Waals surface area contributed by atoms with Gasteiger partial charge < -0.3 is 4.74 Å². The average Bonchev–Trinajstić information content (AvgIpc) is 2.11. The number of allylic oxidation sites excluding steroid dienone is 3. The number of carbonyl (C=O) groups excluding carboxylic acids is 2. The van der Waals surface area contributed by atoms with Crippen molar-refractivity contribution in [1.82, 2.24) is 0 Å². The lowest BCUT2D eigenvalue weighted by molar-refractivity contribution is -0.127. The van der Waals surface area contributed by atoms with Crippen molar-refractivity contribution in [1.29, 1.82) is 0 Å². The lowest BCUT2D eigenvalue weighted by Gasteiger charge is -2.18. The van der Waals surface area contributed by atoms with Crippen LogP contribution in [0.4, 0.5) is 0 Å². The first-order valence-electron chi connectivity index (χ1n) is 4.17. The van der Waals surface area contributed by atoms with Crippen molar-refractivity contribution in [2.24, 2.45) is 5.92 Å². The molecule has 0 bridgehead atoms. The van der Waals surface area contributed by atoms with Gasteiger partial charge in [0.1, 0.15) is 11.7 Å². The van der Waals surface area contributed by atoms with Gasteiger partial charge in [0.05, 0.1) is 11.1 Å². The minimum absolute atomic E-state index is 0.150. The van der Waals surface area contributed by atoms with E-state index in [2.05, 4.69) is 15.9 Å². The fourth-order valence-electron chi connectivity index (χ4n) is 1.41. The molecule has 0 aromatic heterocycles. The summed E-state index contributed by atoms with van der Waals surface area (Å²) in [6.45, 7) is 1.73. The Bertz CT molecular complexity index is 328. The molecule has 0 saturated carbocycles. The highest BCUT2D eigenvalue weighted by Gasteiger charge is 2.30. The minimum atomic E-state index is -0.672. The molecule has 1 aliphatic rings. The molecule has 3 nitrogen and oxygen atoms in total. The number of Topliss-reactive ketones (excluding diaryl/α,β-unsaturated/α-hetero) is 2. The summed E-state index contributed by atoms with van der Waals surface area (Å²) in [5, 5.41) is 0. The topological polar surface area (TPSA) is 43.4 Å². The van der Waals surface area contributed by atoms with E-state index in [1.807, 2.05) is 0 Å². The Kier molecular flexibility index (Phi) is 3.77. The first kappa shape index (κ1) is 11.3. The van der Waals surface area contributed by atoms with Gasteiger partial charge in [-0.15, -0.1) is 0 Å². The highest BCUT2D eigenvalue weighted by atomic mass is 79.9. The number of ether oxygens (including phenoxy) is 1. The Hall–Kier alpha value is -0.740. The summed E-state index contributed by atoms with van der Waals surface area (Å²) in [5.74, 6) is -1.01. The molecule has 0 radical (unpaired) electrons. The van der Waals surface area contributed by atoms with Crippen LogP contribution >= 0.6 is 15.9 Å². The average molecular weight is 259 g/mol. The largest absolute Gasteiger partial charge is 0.380 e. The van der Waals surface area contributed by atoms with Crippen molar-refractivity contribution in [2.45, 2.75) is 6.92 Å². The van der Waals surface area contributed by atoms with Gasteiger partial charge in [0.25, 0.3) is 0 Å². The maximum absolute atomic E-state index is 11.6. The molecular weight excluding hydrogens is 248 g/mol. The summed E-state index contributed by atoms with van der Waals surface area (Å²) in [6.07, 6.45) is 3.40. The highest BCUT2D eigenvalue weighted by Crippen LogP contribution is 2.26. The molecule has 0 amide bonds. The van der Waals surface area contributed by atoms with Crippen molar-refractivity contribution < 1.29 is 14.3 Å². The molecule has 0 aromatic rings. The fourth-order valence-corrected chi connectivity index (χ4v) is 1.77. The molecule has 1 aliphatic carbocycles. The Morgan fingerprint density at radius 1 is 1.57 bits per heavy atom. The van der Waals surface area contributed by atoms with E-state index in [4.69, 9.17) is 4.74 Å². The van der Waals surface area contributed by atoms with Gasteiger partial charge in [0.2, 0.25) is 0 Å². The molecule has 76 valence electrons. The third-order valence-corrected chi connectivity index (χ3v) is 2.68. The third kappa shape index (κ3) is 2.19. The third-order valence-electron chi connectivity index (χ3n) is 2.03. The number of halogens is 1. The predicted molar refractivity (Wildman–Crippen MR) is 56.1 cm³/mol. The number of rotatable bonds is 3. The van der Waals surface area contributed by atoms with E-state index in [1.165, 1.54) is 14.0 Å². The van der Waals surface area contributed by atoms with Gasteiger partial charge in [0, 0.05) is 7.11 Å². The molecule has 0 fully saturated rings. The van der Waals surface area contributed by atoms with E-state index in [9.17, 15) is 9.59 Å². The quantitative estimate of drug-likeness (QED) is 0.723. The molecule has 1 rings (SSSR count). The molecule has 14 heavy (non-hydrogen) atoms. The number of hydrogen-bond donors (Lipinski definition) is 0. The highest BCUT2D eigenvalue weighted by molar-refractivity contribution is 9.12. The van der Waals surface area contributed by atoms with E-state index in [0.717, 1.165) is 0 Å². The van der Waals surface area contributed by atoms with Gasteiger partial charge in [-0.3, -0.25) is 9.59 Å². The van der Waals surface area contributed by atoms with Crippen molar-refractivity contribution in [3.8, 4) is 0 Å². The predicted octanol–water partition coefficient (Wildman–Crippen LogP) is 1.63. The molecule has 0 aliphatic heterocycles. The van der Waals surface area contributed by atoms with Crippen LogP contribution in [0.25, 0.3) is 0 Å². The van der Waals surface area contributed by atoms with Crippen LogP contribution in [0.2, 0.25) is 0 Å². The molecule has 0 spiro atoms. The summed E-state index contributed by atoms with van der Waals surface area (Å²) in [5.41, 5.74) is 0.716. The zero-order valence-electron chi connectivity index (χ0n) is 8.04. The summed E-state index contributed by atoms with van der Waals surface area (Å²) >= 11 is 3.11. The lowest BCUT2D eigenvalue weighted by Crippen LogP contribution is -2.28. The van der Waals surface area contributed by atoms with Gasteiger partial charge in [-0.25, -0.2) is 0 Å². The second kappa shape index (κ2) is 4.66. The lowest BCUT2D eigenvalue weighted by atomic mass is 9.88. The van der Waals surface area contributed by atoms with Crippen molar-refractivity contribution >= 4 is 27.5 Å². The molecule has 1 unspecified atom stereocenters. The van der Waals surface area contributed by atoms with Crippen LogP contribution in [0.15, 0.2) is 22.2 Å². The molecule has 0 saturated heterocycles. The van der Waals surface area contributed by atoms with E-state index in [0.29, 0.717) is 16.7 Å². The van der Waals surface area contributed by atoms with Crippen LogP contribution in [-0.2, 0) is 14.3 Å². The van der Waals surface area contributed by atoms with Gasteiger partial charge in [-0.2, -0.15) is 0 Å². The van der Waals surface area contributed by atoms with E-state index in [1.54, 1.807) is 12.2 Å². The van der Waals surface area contributed by atoms with Crippen molar-refractivity contribution in [3.63, 3.8) is 0 Å². The van der Waals surface area contributed by atoms with E-state index < -0.39 is 5.92 Å². The number of hydrogen-bond acceptors (Lipinski definition) is 3. The van der Waals surface area contributed by atoms with Crippen LogP contribution in [-0.4, -0.2) is 25.3 Å². The standard InChI is InChI=1S/C10H11BrO3/c1-6(12)9-7(5-14-2)3-4-8(11)10(9)13/h3-4,9H,5H2,1-2H3. The maximum Gasteiger partial charge on any atom is 0.184 e. The minimum Gasteiger partial charge on any atom is -0.380 e. The van der Waals surface area contributed by atoms with E-state index >= 15 is 0 Å². The van der Waals surface area contributed by atoms with Gasteiger partial charge in [-0.1, -0.05) is 6.08 Å². The zero-order valence-corrected chi connectivity index (χ0v) is 9.63. The van der Waals surface area contributed by atoms with Crippen LogP contribution in [0, 0.1) is 5.92 Å². The maximum atomic E-state index is 11.6. The Labute approximate surface area is 90.9 Å². The SMILES string of the molecule is COCC1=CC=C(Br)C(=O)C1C(C)=O. The smallest absolute Gasteiger partial charge is 0.184 e. The number of carbonyl (C=O) groups is 2. The van der Waals surface area contributed by atoms with Gasteiger partial charge >= 0.3 is 0 Å². The van der Waals surface area contributed by atoms with Crippen LogP contribution in [0.3, 0.4) is 0 Å². The van der Waals surface area contributed by atoms with Crippen molar-refractivity contribution in [2.75, 3.05) is 13.7 Å². The van der Waals surface area contributed by atoms with Crippen LogP contribution < -0.4 is 0 Å². The van der Waals surface area contributed by atoms with Crippen LogP contribution in [0.1, 0.15) is 6.92 Å². The van der Waals surface area contributed by atoms with Gasteiger partial charge in [0.15, 0.2) is 5.78 Å². The summed E-state index contributed by atoms with van der Waals surface area (Å²) < 4.78 is 5.37. The number of ketones is 2. The van der Waals surface area contributed by atoms with E-state index in [-0.39, 0.29) is 11.6 Å². The second-order valence-corrected chi connectivity index (χ2v) is 3.95. The second-order valence-electron chi connectivity index (χ2n) is 3.10. The Morgan fingerprint density at radius 2 is 2.21 bits per heavy atom. The summed E-state index contributed by atoms with van der Waals surface area (Å²) in [4.78, 5) is 22.9. The normalized spacial score (nSPS) is 21.6. The van der Waals surface area contributed by atoms with Crippen LogP contribution in [0.5, 0.6) is 0 Å².